The van der Waals surface area contributed by atoms with Gasteiger partial charge in [0.05, 0.1) is 4.61 Å². The maximum atomic E-state index is 3.46. The molecule has 3 heteroatoms. The summed E-state index contributed by atoms with van der Waals surface area (Å²) in [6.07, 6.45) is 8.58. The first-order chi connectivity index (χ1) is 5.29. The summed E-state index contributed by atoms with van der Waals surface area (Å²) >= 11 is 3.46. The smallest absolute Gasteiger partial charge is 0.125 e. The summed E-state index contributed by atoms with van der Waals surface area (Å²) in [6.45, 7) is 0. The first-order valence-corrected chi connectivity index (χ1v) is 4.31. The van der Waals surface area contributed by atoms with Gasteiger partial charge in [0.1, 0.15) is 6.17 Å². The lowest BCUT2D eigenvalue weighted by molar-refractivity contribution is 0.344. The molecule has 0 bridgehead atoms. The third-order valence-electron chi connectivity index (χ3n) is 1.98. The molecule has 1 atom stereocenters. The molecule has 2 rings (SSSR count). The summed E-state index contributed by atoms with van der Waals surface area (Å²) in [5.74, 6) is 0. The van der Waals surface area contributed by atoms with Crippen molar-refractivity contribution >= 4 is 15.9 Å². The summed E-state index contributed by atoms with van der Waals surface area (Å²) in [5, 5.41) is 3.24. The first kappa shape index (κ1) is 6.98. The zero-order valence-electron chi connectivity index (χ0n) is 6.21. The molecule has 0 saturated heterocycles. The van der Waals surface area contributed by atoms with Crippen LogP contribution in [0.5, 0.6) is 0 Å². The van der Waals surface area contributed by atoms with Crippen molar-refractivity contribution in [2.24, 2.45) is 0 Å². The number of likely N-dealkylation sites (N-methyl/N-ethyl adjacent to an activating group) is 1. The van der Waals surface area contributed by atoms with Crippen molar-refractivity contribution in [2.75, 3.05) is 7.05 Å². The van der Waals surface area contributed by atoms with Crippen LogP contribution in [-0.2, 0) is 0 Å². The van der Waals surface area contributed by atoms with Crippen LogP contribution in [-0.4, -0.2) is 18.1 Å². The summed E-state index contributed by atoms with van der Waals surface area (Å²) in [6, 6.07) is 0. The molecule has 58 valence electrons. The fraction of sp³-hybridized carbons (Fsp3) is 0.250. The fourth-order valence-corrected chi connectivity index (χ4v) is 1.65. The Hall–Kier alpha value is -0.700. The van der Waals surface area contributed by atoms with Crippen LogP contribution in [0.25, 0.3) is 0 Å². The SMILES string of the molecule is CN1C(Br)=CC=C2C=CNC21. The molecular formula is C8H9BrN2. The van der Waals surface area contributed by atoms with Crippen LogP contribution in [0.1, 0.15) is 0 Å². The van der Waals surface area contributed by atoms with E-state index in [9.17, 15) is 0 Å². The monoisotopic (exact) mass is 212 g/mol. The van der Waals surface area contributed by atoms with Gasteiger partial charge < -0.3 is 10.2 Å². The van der Waals surface area contributed by atoms with Crippen molar-refractivity contribution in [3.63, 3.8) is 0 Å². The zero-order chi connectivity index (χ0) is 7.84. The molecule has 0 aromatic carbocycles. The highest BCUT2D eigenvalue weighted by Crippen LogP contribution is 2.25. The second-order valence-corrected chi connectivity index (χ2v) is 3.48. The Bertz CT molecular complexity index is 265. The van der Waals surface area contributed by atoms with E-state index in [1.807, 2.05) is 6.20 Å². The van der Waals surface area contributed by atoms with Crippen LogP contribution < -0.4 is 5.32 Å². The van der Waals surface area contributed by atoms with Crippen molar-refractivity contribution in [2.45, 2.75) is 6.17 Å². The first-order valence-electron chi connectivity index (χ1n) is 3.52. The molecule has 0 saturated carbocycles. The van der Waals surface area contributed by atoms with Crippen molar-refractivity contribution in [3.8, 4) is 0 Å². The summed E-state index contributed by atoms with van der Waals surface area (Å²) in [7, 11) is 2.05. The Balaban J connectivity index is 2.35. The summed E-state index contributed by atoms with van der Waals surface area (Å²) in [5.41, 5.74) is 1.32. The van der Waals surface area contributed by atoms with Gasteiger partial charge in [-0.2, -0.15) is 0 Å². The lowest BCUT2D eigenvalue weighted by Gasteiger charge is -2.29. The topological polar surface area (TPSA) is 15.3 Å². The molecule has 2 nitrogen and oxygen atoms in total. The number of allylic oxidation sites excluding steroid dienone is 2. The van der Waals surface area contributed by atoms with Gasteiger partial charge in [0.25, 0.3) is 0 Å². The molecule has 1 unspecified atom stereocenters. The number of halogens is 1. The van der Waals surface area contributed by atoms with Crippen molar-refractivity contribution in [1.82, 2.24) is 10.2 Å². The second-order valence-electron chi connectivity index (χ2n) is 2.67. The van der Waals surface area contributed by atoms with Crippen LogP contribution in [0, 0.1) is 0 Å². The molecule has 0 spiro atoms. The molecular weight excluding hydrogens is 204 g/mol. The highest BCUT2D eigenvalue weighted by atomic mass is 79.9. The minimum Gasteiger partial charge on any atom is -0.368 e. The number of hydrogen-bond acceptors (Lipinski definition) is 2. The highest BCUT2D eigenvalue weighted by molar-refractivity contribution is 9.11. The van der Waals surface area contributed by atoms with Gasteiger partial charge in [-0.25, -0.2) is 0 Å². The Kier molecular flexibility index (Phi) is 1.53. The Morgan fingerprint density at radius 3 is 3.18 bits per heavy atom. The van der Waals surface area contributed by atoms with E-state index in [-0.39, 0.29) is 0 Å². The molecule has 0 aliphatic carbocycles. The largest absolute Gasteiger partial charge is 0.368 e. The van der Waals surface area contributed by atoms with Crippen LogP contribution in [0.2, 0.25) is 0 Å². The molecule has 0 fully saturated rings. The van der Waals surface area contributed by atoms with E-state index in [1.54, 1.807) is 0 Å². The normalized spacial score (nSPS) is 27.5. The van der Waals surface area contributed by atoms with Gasteiger partial charge in [0.2, 0.25) is 0 Å². The minimum atomic E-state index is 0.328. The van der Waals surface area contributed by atoms with Gasteiger partial charge in [-0.3, -0.25) is 0 Å². The van der Waals surface area contributed by atoms with Gasteiger partial charge in [0, 0.05) is 7.05 Å². The molecule has 1 N–H and O–H groups in total. The van der Waals surface area contributed by atoms with Crippen molar-refractivity contribution in [1.29, 1.82) is 0 Å². The predicted octanol–water partition coefficient (Wildman–Crippen LogP) is 1.54. The predicted molar refractivity (Wildman–Crippen MR) is 48.9 cm³/mol. The molecule has 0 radical (unpaired) electrons. The summed E-state index contributed by atoms with van der Waals surface area (Å²) < 4.78 is 1.11. The highest BCUT2D eigenvalue weighted by Gasteiger charge is 2.23. The number of nitrogens with one attached hydrogen (secondary N) is 1. The molecule has 0 aromatic heterocycles. The molecule has 0 amide bonds. The van der Waals surface area contributed by atoms with Gasteiger partial charge in [-0.05, 0) is 39.9 Å². The maximum absolute atomic E-state index is 3.46. The van der Waals surface area contributed by atoms with E-state index in [0.717, 1.165) is 4.61 Å². The average Bonchev–Trinajstić information content (AvgIpc) is 2.45. The van der Waals surface area contributed by atoms with E-state index < -0.39 is 0 Å². The lowest BCUT2D eigenvalue weighted by Crippen LogP contribution is -2.39. The quantitative estimate of drug-likeness (QED) is 0.614. The van der Waals surface area contributed by atoms with Crippen LogP contribution in [0.3, 0.4) is 0 Å². The maximum Gasteiger partial charge on any atom is 0.125 e. The number of nitrogens with zero attached hydrogens (tertiary/aromatic N) is 1. The van der Waals surface area contributed by atoms with E-state index in [1.165, 1.54) is 5.57 Å². The Labute approximate surface area is 74.4 Å². The fourth-order valence-electron chi connectivity index (χ4n) is 1.31. The minimum absolute atomic E-state index is 0.328. The van der Waals surface area contributed by atoms with E-state index in [2.05, 4.69) is 51.4 Å². The summed E-state index contributed by atoms with van der Waals surface area (Å²) in [4.78, 5) is 2.15. The van der Waals surface area contributed by atoms with Gasteiger partial charge in [0.15, 0.2) is 0 Å². The van der Waals surface area contributed by atoms with Crippen molar-refractivity contribution < 1.29 is 0 Å². The number of rotatable bonds is 0. The lowest BCUT2D eigenvalue weighted by atomic mass is 10.1. The second kappa shape index (κ2) is 2.41. The van der Waals surface area contributed by atoms with Gasteiger partial charge in [-0.15, -0.1) is 0 Å². The third-order valence-corrected chi connectivity index (χ3v) is 2.81. The molecule has 0 aromatic rings. The number of hydrogen-bond donors (Lipinski definition) is 1. The van der Waals surface area contributed by atoms with E-state index in [4.69, 9.17) is 0 Å². The van der Waals surface area contributed by atoms with E-state index >= 15 is 0 Å². The molecule has 2 aliphatic heterocycles. The van der Waals surface area contributed by atoms with Crippen LogP contribution in [0.15, 0.2) is 34.6 Å². The number of fused-ring (bicyclic) bond motifs is 1. The Morgan fingerprint density at radius 1 is 1.55 bits per heavy atom. The Morgan fingerprint density at radius 2 is 2.36 bits per heavy atom. The van der Waals surface area contributed by atoms with Crippen LogP contribution in [0.4, 0.5) is 0 Å². The molecule has 2 aliphatic rings. The van der Waals surface area contributed by atoms with Crippen LogP contribution >= 0.6 is 15.9 Å². The molecule has 2 heterocycles. The molecule has 11 heavy (non-hydrogen) atoms. The zero-order valence-corrected chi connectivity index (χ0v) is 7.80. The van der Waals surface area contributed by atoms with E-state index in [0.29, 0.717) is 6.17 Å². The van der Waals surface area contributed by atoms with Gasteiger partial charge >= 0.3 is 0 Å². The van der Waals surface area contributed by atoms with Gasteiger partial charge in [-0.1, -0.05) is 6.08 Å². The van der Waals surface area contributed by atoms with Crippen molar-refractivity contribution in [3.05, 3.63) is 34.6 Å². The third kappa shape index (κ3) is 0.997. The average molecular weight is 213 g/mol. The standard InChI is InChI=1S/C8H9BrN2/c1-11-7(9)3-2-6-4-5-10-8(6)11/h2-5,8,10H,1H3.